The molecule has 0 N–H and O–H groups in total. The molecule has 5 aromatic carbocycles. The van der Waals surface area contributed by atoms with Crippen LogP contribution in [0.4, 0.5) is 56.9 Å². The van der Waals surface area contributed by atoms with Crippen LogP contribution in [0.3, 0.4) is 0 Å². The van der Waals surface area contributed by atoms with Crippen LogP contribution in [0.1, 0.15) is 166 Å². The molecule has 10 atom stereocenters. The summed E-state index contributed by atoms with van der Waals surface area (Å²) >= 11 is 0. The van der Waals surface area contributed by atoms with Crippen molar-refractivity contribution < 1.29 is 13.7 Å². The Morgan fingerprint density at radius 1 is 0.265 bits per heavy atom. The van der Waals surface area contributed by atoms with E-state index in [0.717, 1.165) is 47.0 Å². The van der Waals surface area contributed by atoms with E-state index in [1.54, 1.807) is 30.4 Å². The van der Waals surface area contributed by atoms with Gasteiger partial charge in [0.25, 0.3) is 0 Å². The SMILES string of the molecule is CCN1C=CN(c2cccc(N3C=CN(CC)[C@@H]3C)c2C)[C@@H]1C.Cc1c(N2C=CN(C(C)C)[C@@H]2C)cccc1N1C=CN(C(C)C)[C@H]1C.Cc1c(N2C=CN(C)[C@H]2C)cccc1N1C=CN(C)[C@@H]1C.[2H]C([2H])(C)N1C=CN(c2cccc(N3C=CN(C([2H])([2H])C([2H])([2H])[2H])[C@H]3C)c2C)[C@H]1C.[2H]C([2H])([2H])N1C=CN(c2cccc(N3C=CN(C)[C@@H]3C)c2C)[C@@H]1C. The molecule has 0 amide bonds. The van der Waals surface area contributed by atoms with Crippen molar-refractivity contribution in [2.45, 2.75) is 233 Å². The standard InChI is InChI=1S/C21H32N4.2C19H28N4.2C17H24N4/c1-15(2)22-11-13-24(18(22)6)20-9-8-10-21(17(20)5)25-14-12-23(16(3)4)19(25)7;2*1-6-20-11-13-22(16(20)4)18-9-8-10-19(15(18)3)23-14-12-21(7-2)17(23)5;2*1-13-16(20-11-9-18(4)14(20)2)7-6-8-17(13)21-12-10-19(5)15(21)3/h8-16,18-19H,1-7H3;2*8-14,16-17H,6-7H2,1-5H3;2*6-12,14-15H,1-5H3/t18-,19+;2*16-,17+;2*14-,15+/i;1D3,6D2,7D2;;4D3;/m.1.1./s1. The van der Waals surface area contributed by atoms with Crippen LogP contribution in [0.25, 0.3) is 0 Å². The van der Waals surface area contributed by atoms with E-state index >= 15 is 0 Å². The van der Waals surface area contributed by atoms with E-state index in [-0.39, 0.29) is 18.5 Å². The van der Waals surface area contributed by atoms with Crippen molar-refractivity contribution in [3.63, 3.8) is 0 Å². The molecular weight excluding hydrogens is 1400 g/mol. The summed E-state index contributed by atoms with van der Waals surface area (Å²) in [6.07, 6.45) is 42.0. The highest BCUT2D eigenvalue weighted by atomic mass is 15.4. The van der Waals surface area contributed by atoms with Crippen molar-refractivity contribution in [3.05, 3.63) is 243 Å². The van der Waals surface area contributed by atoms with Gasteiger partial charge in [0.15, 0.2) is 0 Å². The van der Waals surface area contributed by atoms with Crippen molar-refractivity contribution in [3.8, 4) is 0 Å². The molecule has 10 aliphatic heterocycles. The molecule has 0 saturated heterocycles. The smallest absolute Gasteiger partial charge is 0.103 e. The van der Waals surface area contributed by atoms with Crippen molar-refractivity contribution in [2.75, 3.05) is 103 Å². The maximum atomic E-state index is 8.09. The Kier molecular flexibility index (Phi) is 22.2. The number of hydrogen-bond donors (Lipinski definition) is 0. The molecule has 10 heterocycles. The zero-order valence-electron chi connectivity index (χ0n) is 82.0. The summed E-state index contributed by atoms with van der Waals surface area (Å²) in [5, 5.41) is 0. The number of hydrogen-bond acceptors (Lipinski definition) is 20. The molecule has 0 saturated carbocycles. The van der Waals surface area contributed by atoms with Crippen molar-refractivity contribution in [1.29, 1.82) is 0 Å². The van der Waals surface area contributed by atoms with Crippen LogP contribution < -0.4 is 49.0 Å². The Balaban J connectivity index is 0.000000150. The van der Waals surface area contributed by atoms with E-state index in [2.05, 4.69) is 355 Å². The van der Waals surface area contributed by atoms with Gasteiger partial charge >= 0.3 is 0 Å². The fourth-order valence-corrected chi connectivity index (χ4v) is 16.7. The predicted molar refractivity (Wildman–Crippen MR) is 481 cm³/mol. The minimum absolute atomic E-state index is 0.216. The summed E-state index contributed by atoms with van der Waals surface area (Å²) in [4.78, 5) is 42.6. The molecule has 10 aliphatic rings. The molecule has 15 rings (SSSR count). The first-order valence-electron chi connectivity index (χ1n) is 45.5. The first-order valence-corrected chi connectivity index (χ1v) is 40.5. The van der Waals surface area contributed by atoms with Gasteiger partial charge in [-0.05, 0) is 248 Å². The fraction of sp³-hybridized carbons (Fsp3) is 0.462. The maximum absolute atomic E-state index is 8.09. The van der Waals surface area contributed by atoms with Crippen LogP contribution in [0, 0.1) is 34.6 Å². The molecule has 0 radical (unpaired) electrons. The number of nitrogens with zero attached hydrogens (tertiary/aromatic N) is 20. The number of benzene rings is 5. The highest BCUT2D eigenvalue weighted by Gasteiger charge is 2.35. The van der Waals surface area contributed by atoms with Gasteiger partial charge in [0.05, 0.1) is 0 Å². The van der Waals surface area contributed by atoms with Gasteiger partial charge in [-0.1, -0.05) is 30.3 Å². The molecule has 20 nitrogen and oxygen atoms in total. The Labute approximate surface area is 695 Å². The van der Waals surface area contributed by atoms with E-state index in [1.165, 1.54) is 73.7 Å². The normalized spacial score (nSPS) is 25.6. The maximum Gasteiger partial charge on any atom is 0.103 e. The molecule has 113 heavy (non-hydrogen) atoms. The quantitative estimate of drug-likeness (QED) is 0.0941. The van der Waals surface area contributed by atoms with Crippen LogP contribution in [-0.2, 0) is 0 Å². The third-order valence-electron chi connectivity index (χ3n) is 24.5. The lowest BCUT2D eigenvalue weighted by molar-refractivity contribution is 0.263. The lowest BCUT2D eigenvalue weighted by atomic mass is 10.1. The minimum Gasteiger partial charge on any atom is -0.359 e. The first kappa shape index (κ1) is 70.4. The third-order valence-corrected chi connectivity index (χ3v) is 24.5. The molecule has 0 unspecified atom stereocenters. The number of anilines is 10. The molecule has 0 spiro atoms. The van der Waals surface area contributed by atoms with E-state index in [1.807, 2.05) is 78.2 Å². The van der Waals surface area contributed by atoms with Gasteiger partial charge in [0, 0.05) is 261 Å². The summed E-state index contributed by atoms with van der Waals surface area (Å²) in [7, 11) is 6.28. The lowest BCUT2D eigenvalue weighted by Crippen LogP contribution is -2.41. The van der Waals surface area contributed by atoms with Gasteiger partial charge in [-0.25, -0.2) is 0 Å². The monoisotopic (exact) mass is 1540 g/mol. The molecular formula is C93H136N20. The molecule has 0 bridgehead atoms. The average molecular weight is 1540 g/mol. The van der Waals surface area contributed by atoms with Gasteiger partial charge in [-0.3, -0.25) is 0 Å². The highest BCUT2D eigenvalue weighted by molar-refractivity contribution is 5.75. The molecule has 5 aromatic rings. The molecule has 20 heteroatoms. The van der Waals surface area contributed by atoms with Crippen molar-refractivity contribution in [1.82, 2.24) is 49.0 Å². The van der Waals surface area contributed by atoms with Crippen LogP contribution in [0.2, 0.25) is 0 Å². The molecule has 0 aromatic heterocycles. The van der Waals surface area contributed by atoms with Crippen LogP contribution >= 0.6 is 0 Å². The summed E-state index contributed by atoms with van der Waals surface area (Å²) in [5.74, 6) is 0. The first-order chi connectivity index (χ1) is 57.8. The van der Waals surface area contributed by atoms with Crippen molar-refractivity contribution in [2.24, 2.45) is 0 Å². The summed E-state index contributed by atoms with van der Waals surface area (Å²) in [5.41, 5.74) is 17.6. The van der Waals surface area contributed by atoms with E-state index < -0.39 is 33.0 Å². The predicted octanol–water partition coefficient (Wildman–Crippen LogP) is 18.8. The third kappa shape index (κ3) is 16.7. The molecule has 608 valence electrons. The zero-order chi connectivity index (χ0) is 90.3. The van der Waals surface area contributed by atoms with Gasteiger partial charge in [-0.2, -0.15) is 0 Å². The second kappa shape index (κ2) is 35.7. The van der Waals surface area contributed by atoms with Crippen LogP contribution in [0.15, 0.2) is 215 Å². The average Bonchev–Trinajstić information content (AvgIpc) is 1.61. The summed E-state index contributed by atoms with van der Waals surface area (Å²) in [6.45, 7) is 40.0. The van der Waals surface area contributed by atoms with Crippen molar-refractivity contribution >= 4 is 56.9 Å². The lowest BCUT2D eigenvalue weighted by Gasteiger charge is -2.36. The Morgan fingerprint density at radius 2 is 0.469 bits per heavy atom. The fourth-order valence-electron chi connectivity index (χ4n) is 16.7. The van der Waals surface area contributed by atoms with E-state index in [9.17, 15) is 0 Å². The Bertz CT molecular complexity index is 4660. The zero-order valence-corrected chi connectivity index (χ0v) is 72.0. The topological polar surface area (TPSA) is 64.8 Å². The highest BCUT2D eigenvalue weighted by Crippen LogP contribution is 2.42. The van der Waals surface area contributed by atoms with Gasteiger partial charge < -0.3 is 98.0 Å². The van der Waals surface area contributed by atoms with Gasteiger partial charge in [0.1, 0.15) is 61.7 Å². The Hall–Kier alpha value is -10.5. The van der Waals surface area contributed by atoms with E-state index in [0.29, 0.717) is 49.1 Å². The second-order valence-electron chi connectivity index (χ2n) is 31.3. The molecule has 0 fully saturated rings. The van der Waals surface area contributed by atoms with Crippen LogP contribution in [0.5, 0.6) is 0 Å². The van der Waals surface area contributed by atoms with Gasteiger partial charge in [-0.15, -0.1) is 0 Å². The summed E-state index contributed by atoms with van der Waals surface area (Å²) < 4.78 is 77.8. The minimum atomic E-state index is -2.78. The van der Waals surface area contributed by atoms with Gasteiger partial charge in [0.2, 0.25) is 0 Å². The largest absolute Gasteiger partial charge is 0.359 e. The second-order valence-corrected chi connectivity index (χ2v) is 31.3. The van der Waals surface area contributed by atoms with E-state index in [4.69, 9.17) is 13.7 Å². The number of rotatable bonds is 16. The Morgan fingerprint density at radius 3 is 0.664 bits per heavy atom. The van der Waals surface area contributed by atoms with Crippen LogP contribution in [-0.4, -0.2) is 177 Å². The molecule has 0 aliphatic carbocycles. The summed E-state index contributed by atoms with van der Waals surface area (Å²) in [6, 6.07) is 32.7.